The van der Waals surface area contributed by atoms with Crippen LogP contribution in [0.1, 0.15) is 47.7 Å². The highest BCUT2D eigenvalue weighted by atomic mass is 16.5. The summed E-state index contributed by atoms with van der Waals surface area (Å²) in [5.41, 5.74) is 6.47. The average molecular weight is 309 g/mol. The molecule has 2 aromatic rings. The second-order valence-corrected chi connectivity index (χ2v) is 7.19. The molecule has 0 aliphatic carbocycles. The molecule has 2 atom stereocenters. The molecule has 3 rings (SSSR count). The molecule has 0 radical (unpaired) electrons. The van der Waals surface area contributed by atoms with E-state index >= 15 is 0 Å². The Bertz CT molecular complexity index is 708. The Kier molecular flexibility index (Phi) is 4.20. The monoisotopic (exact) mass is 309 g/mol. The van der Waals surface area contributed by atoms with E-state index in [1.165, 1.54) is 27.8 Å². The highest BCUT2D eigenvalue weighted by Gasteiger charge is 2.37. The summed E-state index contributed by atoms with van der Waals surface area (Å²) in [5, 5.41) is 3.64. The molecule has 0 spiro atoms. The first kappa shape index (κ1) is 16.1. The van der Waals surface area contributed by atoms with Crippen molar-refractivity contribution >= 4 is 0 Å². The number of fused-ring (bicyclic) bond motifs is 1. The van der Waals surface area contributed by atoms with Gasteiger partial charge in [-0.2, -0.15) is 0 Å². The van der Waals surface area contributed by atoms with Gasteiger partial charge in [-0.3, -0.25) is 0 Å². The normalized spacial score (nSPS) is 20.9. The Balaban J connectivity index is 1.73. The largest absolute Gasteiger partial charge is 0.485 e. The zero-order chi connectivity index (χ0) is 16.6. The van der Waals surface area contributed by atoms with E-state index in [9.17, 15) is 0 Å². The van der Waals surface area contributed by atoms with E-state index in [2.05, 4.69) is 76.3 Å². The van der Waals surface area contributed by atoms with E-state index in [0.717, 1.165) is 18.7 Å². The van der Waals surface area contributed by atoms with Gasteiger partial charge in [0.2, 0.25) is 0 Å². The number of rotatable bonds is 4. The van der Waals surface area contributed by atoms with Crippen LogP contribution in [0.4, 0.5) is 0 Å². The van der Waals surface area contributed by atoms with Crippen LogP contribution in [0.2, 0.25) is 0 Å². The van der Waals surface area contributed by atoms with Crippen molar-refractivity contribution in [3.05, 3.63) is 64.2 Å². The molecule has 1 aliphatic heterocycles. The number of hydrogen-bond donors (Lipinski definition) is 1. The second-order valence-electron chi connectivity index (χ2n) is 7.19. The molecule has 23 heavy (non-hydrogen) atoms. The van der Waals surface area contributed by atoms with Crippen LogP contribution in [0.5, 0.6) is 5.75 Å². The number of nitrogens with one attached hydrogen (secondary N) is 1. The molecule has 1 N–H and O–H groups in total. The van der Waals surface area contributed by atoms with Gasteiger partial charge in [0.15, 0.2) is 0 Å². The summed E-state index contributed by atoms with van der Waals surface area (Å²) in [6.07, 6.45) is 0.976. The van der Waals surface area contributed by atoms with Gasteiger partial charge < -0.3 is 10.1 Å². The minimum atomic E-state index is -0.172. The van der Waals surface area contributed by atoms with Crippen LogP contribution in [0.25, 0.3) is 0 Å². The maximum atomic E-state index is 6.41. The van der Waals surface area contributed by atoms with Gasteiger partial charge in [0.05, 0.1) is 0 Å². The van der Waals surface area contributed by atoms with Gasteiger partial charge in [-0.05, 0) is 56.9 Å². The van der Waals surface area contributed by atoms with Crippen LogP contribution in [0.3, 0.4) is 0 Å². The Morgan fingerprint density at radius 1 is 1.13 bits per heavy atom. The predicted octanol–water partition coefficient (Wildman–Crippen LogP) is 4.66. The summed E-state index contributed by atoms with van der Waals surface area (Å²) in [4.78, 5) is 0. The smallest absolute Gasteiger partial charge is 0.126 e. The minimum Gasteiger partial charge on any atom is -0.485 e. The van der Waals surface area contributed by atoms with Crippen molar-refractivity contribution in [3.63, 3.8) is 0 Å². The molecular weight excluding hydrogens is 282 g/mol. The van der Waals surface area contributed by atoms with Gasteiger partial charge in [0.25, 0.3) is 0 Å². The first-order valence-electron chi connectivity index (χ1n) is 8.47. The Labute approximate surface area is 139 Å². The summed E-state index contributed by atoms with van der Waals surface area (Å²) in [5.74, 6) is 1.11. The summed E-state index contributed by atoms with van der Waals surface area (Å²) >= 11 is 0. The molecule has 2 aromatic carbocycles. The average Bonchev–Trinajstić information content (AvgIpc) is 2.90. The van der Waals surface area contributed by atoms with Crippen molar-refractivity contribution in [2.45, 2.75) is 52.7 Å². The lowest BCUT2D eigenvalue weighted by atomic mass is 9.93. The molecule has 2 heteroatoms. The predicted molar refractivity (Wildman–Crippen MR) is 96.2 cm³/mol. The summed E-state index contributed by atoms with van der Waals surface area (Å²) < 4.78 is 6.41. The molecule has 1 aliphatic rings. The molecule has 1 heterocycles. The van der Waals surface area contributed by atoms with Gasteiger partial charge in [-0.15, -0.1) is 0 Å². The lowest BCUT2D eigenvalue weighted by molar-refractivity contribution is 0.110. The third-order valence-corrected chi connectivity index (χ3v) is 5.10. The molecule has 0 saturated carbocycles. The van der Waals surface area contributed by atoms with Crippen LogP contribution in [-0.2, 0) is 6.42 Å². The van der Waals surface area contributed by atoms with E-state index in [1.807, 2.05) is 0 Å². The van der Waals surface area contributed by atoms with E-state index in [4.69, 9.17) is 4.74 Å². The molecule has 2 unspecified atom stereocenters. The van der Waals surface area contributed by atoms with Gasteiger partial charge in [-0.25, -0.2) is 0 Å². The fourth-order valence-corrected chi connectivity index (χ4v) is 3.45. The molecule has 0 fully saturated rings. The standard InChI is InChI=1S/C21H27NO/c1-14-11-15(2)19-12-21(5,23-20(19)16(14)3)13-22-17(4)18-9-7-6-8-10-18/h6-11,17,22H,12-13H2,1-5H3. The summed E-state index contributed by atoms with van der Waals surface area (Å²) in [6.45, 7) is 11.8. The van der Waals surface area contributed by atoms with Crippen LogP contribution in [0, 0.1) is 20.8 Å². The third-order valence-electron chi connectivity index (χ3n) is 5.10. The summed E-state index contributed by atoms with van der Waals surface area (Å²) in [6, 6.07) is 13.2. The van der Waals surface area contributed by atoms with Crippen molar-refractivity contribution in [1.82, 2.24) is 5.32 Å². The summed E-state index contributed by atoms with van der Waals surface area (Å²) in [7, 11) is 0. The quantitative estimate of drug-likeness (QED) is 0.887. The third kappa shape index (κ3) is 3.13. The fourth-order valence-electron chi connectivity index (χ4n) is 3.45. The molecule has 122 valence electrons. The number of aryl methyl sites for hydroxylation is 2. The second kappa shape index (κ2) is 6.01. The van der Waals surface area contributed by atoms with E-state index < -0.39 is 0 Å². The van der Waals surface area contributed by atoms with Crippen LogP contribution < -0.4 is 10.1 Å². The van der Waals surface area contributed by atoms with Crippen molar-refractivity contribution < 1.29 is 4.74 Å². The highest BCUT2D eigenvalue weighted by molar-refractivity contribution is 5.53. The molecule has 0 aromatic heterocycles. The topological polar surface area (TPSA) is 21.3 Å². The Morgan fingerprint density at radius 3 is 2.52 bits per heavy atom. The van der Waals surface area contributed by atoms with Crippen LogP contribution in [0.15, 0.2) is 36.4 Å². The van der Waals surface area contributed by atoms with Gasteiger partial charge >= 0.3 is 0 Å². The maximum Gasteiger partial charge on any atom is 0.126 e. The van der Waals surface area contributed by atoms with Crippen LogP contribution >= 0.6 is 0 Å². The molecule has 0 amide bonds. The van der Waals surface area contributed by atoms with Crippen molar-refractivity contribution in [3.8, 4) is 5.75 Å². The van der Waals surface area contributed by atoms with Gasteiger partial charge in [0.1, 0.15) is 11.4 Å². The van der Waals surface area contributed by atoms with Crippen molar-refractivity contribution in [2.24, 2.45) is 0 Å². The maximum absolute atomic E-state index is 6.41. The first-order chi connectivity index (χ1) is 10.9. The van der Waals surface area contributed by atoms with Crippen molar-refractivity contribution in [1.29, 1.82) is 0 Å². The molecule has 2 nitrogen and oxygen atoms in total. The number of benzene rings is 2. The Morgan fingerprint density at radius 2 is 1.83 bits per heavy atom. The number of ether oxygens (including phenoxy) is 1. The van der Waals surface area contributed by atoms with E-state index in [1.54, 1.807) is 0 Å². The van der Waals surface area contributed by atoms with Crippen molar-refractivity contribution in [2.75, 3.05) is 6.54 Å². The van der Waals surface area contributed by atoms with Gasteiger partial charge in [-0.1, -0.05) is 36.4 Å². The zero-order valence-corrected chi connectivity index (χ0v) is 14.9. The van der Waals surface area contributed by atoms with Crippen LogP contribution in [-0.4, -0.2) is 12.1 Å². The Hall–Kier alpha value is -1.80. The molecule has 0 saturated heterocycles. The first-order valence-corrected chi connectivity index (χ1v) is 8.47. The lowest BCUT2D eigenvalue weighted by Crippen LogP contribution is -2.42. The lowest BCUT2D eigenvalue weighted by Gasteiger charge is -2.27. The number of hydrogen-bond acceptors (Lipinski definition) is 2. The van der Waals surface area contributed by atoms with E-state index in [-0.39, 0.29) is 5.60 Å². The van der Waals surface area contributed by atoms with E-state index in [0.29, 0.717) is 6.04 Å². The zero-order valence-electron chi connectivity index (χ0n) is 14.9. The SMILES string of the molecule is Cc1cc(C)c2c(c1C)OC(C)(CNC(C)c1ccccc1)C2. The molecular formula is C21H27NO. The molecule has 0 bridgehead atoms. The van der Waals surface area contributed by atoms with Gasteiger partial charge in [0, 0.05) is 24.6 Å². The fraction of sp³-hybridized carbons (Fsp3) is 0.429. The minimum absolute atomic E-state index is 0.172. The highest BCUT2D eigenvalue weighted by Crippen LogP contribution is 2.40.